The summed E-state index contributed by atoms with van der Waals surface area (Å²) in [6.45, 7) is 3.64. The van der Waals surface area contributed by atoms with Crippen molar-refractivity contribution in [3.8, 4) is 0 Å². The lowest BCUT2D eigenvalue weighted by atomic mass is 10.1. The average molecular weight is 333 g/mol. The first kappa shape index (κ1) is 16.9. The van der Waals surface area contributed by atoms with E-state index in [1.165, 1.54) is 16.7 Å². The second-order valence-electron chi connectivity index (χ2n) is 5.96. The molecule has 0 radical (unpaired) electrons. The van der Waals surface area contributed by atoms with E-state index in [2.05, 4.69) is 69.1 Å². The molecule has 2 N–H and O–H groups in total. The number of hydrogen-bond acceptors (Lipinski definition) is 5. The van der Waals surface area contributed by atoms with Crippen LogP contribution in [0.25, 0.3) is 0 Å². The minimum absolute atomic E-state index is 0.558. The van der Waals surface area contributed by atoms with Crippen LogP contribution in [0.3, 0.4) is 0 Å². The zero-order chi connectivity index (χ0) is 17.3. The number of nitrogens with one attached hydrogen (secondary N) is 2. The van der Waals surface area contributed by atoms with Gasteiger partial charge in [0.25, 0.3) is 0 Å². The van der Waals surface area contributed by atoms with Crippen molar-refractivity contribution in [1.82, 2.24) is 15.2 Å². The van der Waals surface area contributed by atoms with Gasteiger partial charge in [0.15, 0.2) is 5.82 Å². The number of aryl methyl sites for hydroxylation is 2. The van der Waals surface area contributed by atoms with Gasteiger partial charge in [0.1, 0.15) is 0 Å². The van der Waals surface area contributed by atoms with Crippen molar-refractivity contribution in [2.24, 2.45) is 0 Å². The van der Waals surface area contributed by atoms with E-state index in [1.807, 2.05) is 18.2 Å². The van der Waals surface area contributed by atoms with E-state index in [4.69, 9.17) is 0 Å². The van der Waals surface area contributed by atoms with Crippen LogP contribution in [0.1, 0.15) is 23.1 Å². The van der Waals surface area contributed by atoms with Gasteiger partial charge in [-0.25, -0.2) is 0 Å². The summed E-state index contributed by atoms with van der Waals surface area (Å²) in [5.74, 6) is 1.28. The Balaban J connectivity index is 1.47. The molecule has 0 fully saturated rings. The van der Waals surface area contributed by atoms with Crippen molar-refractivity contribution in [1.29, 1.82) is 0 Å². The molecule has 128 valence electrons. The summed E-state index contributed by atoms with van der Waals surface area (Å²) in [7, 11) is 0. The lowest BCUT2D eigenvalue weighted by molar-refractivity contribution is 0.842. The van der Waals surface area contributed by atoms with E-state index < -0.39 is 0 Å². The van der Waals surface area contributed by atoms with Gasteiger partial charge in [-0.1, -0.05) is 54.6 Å². The molecule has 0 bridgehead atoms. The van der Waals surface area contributed by atoms with Crippen molar-refractivity contribution in [3.05, 3.63) is 77.5 Å². The van der Waals surface area contributed by atoms with Gasteiger partial charge >= 0.3 is 0 Å². The molecule has 0 aliphatic rings. The first-order valence-electron chi connectivity index (χ1n) is 8.57. The molecule has 0 aliphatic carbocycles. The summed E-state index contributed by atoms with van der Waals surface area (Å²) in [5.41, 5.74) is 3.85. The fourth-order valence-electron chi connectivity index (χ4n) is 2.60. The fraction of sp³-hybridized carbons (Fsp3) is 0.250. The van der Waals surface area contributed by atoms with Gasteiger partial charge in [0.05, 0.1) is 6.20 Å². The number of nitrogens with zero attached hydrogens (tertiary/aromatic N) is 3. The highest BCUT2D eigenvalue weighted by molar-refractivity contribution is 5.39. The zero-order valence-corrected chi connectivity index (χ0v) is 14.4. The molecule has 0 spiro atoms. The van der Waals surface area contributed by atoms with Crippen molar-refractivity contribution in [2.45, 2.75) is 26.3 Å². The van der Waals surface area contributed by atoms with E-state index >= 15 is 0 Å². The Bertz CT molecular complexity index is 789. The van der Waals surface area contributed by atoms with Crippen LogP contribution in [0.4, 0.5) is 11.8 Å². The molecule has 0 saturated heterocycles. The number of hydrogen-bond donors (Lipinski definition) is 2. The Morgan fingerprint density at radius 1 is 0.920 bits per heavy atom. The molecule has 0 saturated carbocycles. The van der Waals surface area contributed by atoms with Gasteiger partial charge in [-0.3, -0.25) is 0 Å². The smallest absolute Gasteiger partial charge is 0.244 e. The first-order chi connectivity index (χ1) is 12.3. The molecule has 0 amide bonds. The molecule has 0 atom stereocenters. The van der Waals surface area contributed by atoms with E-state index in [9.17, 15) is 0 Å². The summed E-state index contributed by atoms with van der Waals surface area (Å²) < 4.78 is 0. The molecular formula is C20H23N5. The highest BCUT2D eigenvalue weighted by Crippen LogP contribution is 2.10. The summed E-state index contributed by atoms with van der Waals surface area (Å²) in [4.78, 5) is 4.47. The Morgan fingerprint density at radius 3 is 2.56 bits per heavy atom. The quantitative estimate of drug-likeness (QED) is 0.613. The topological polar surface area (TPSA) is 62.7 Å². The monoisotopic (exact) mass is 333 g/mol. The van der Waals surface area contributed by atoms with Crippen LogP contribution in [0, 0.1) is 6.92 Å². The molecule has 0 aliphatic heterocycles. The Labute approximate surface area is 148 Å². The second kappa shape index (κ2) is 8.78. The van der Waals surface area contributed by atoms with Gasteiger partial charge in [0, 0.05) is 13.1 Å². The van der Waals surface area contributed by atoms with Gasteiger partial charge in [-0.2, -0.15) is 10.1 Å². The van der Waals surface area contributed by atoms with Gasteiger partial charge < -0.3 is 10.6 Å². The number of rotatable bonds is 8. The number of anilines is 2. The van der Waals surface area contributed by atoms with Gasteiger partial charge in [0.2, 0.25) is 5.95 Å². The van der Waals surface area contributed by atoms with Crippen molar-refractivity contribution < 1.29 is 0 Å². The van der Waals surface area contributed by atoms with Crippen LogP contribution < -0.4 is 10.6 Å². The van der Waals surface area contributed by atoms with E-state index in [1.54, 1.807) is 6.20 Å². The highest BCUT2D eigenvalue weighted by Gasteiger charge is 2.02. The van der Waals surface area contributed by atoms with Crippen LogP contribution in [0.2, 0.25) is 0 Å². The van der Waals surface area contributed by atoms with Crippen molar-refractivity contribution in [3.63, 3.8) is 0 Å². The molecule has 5 heteroatoms. The minimum atomic E-state index is 0.558. The average Bonchev–Trinajstić information content (AvgIpc) is 2.66. The summed E-state index contributed by atoms with van der Waals surface area (Å²) >= 11 is 0. The molecule has 3 rings (SSSR count). The largest absolute Gasteiger partial charge is 0.365 e. The van der Waals surface area contributed by atoms with Crippen molar-refractivity contribution >= 4 is 11.8 Å². The minimum Gasteiger partial charge on any atom is -0.365 e. The third-order valence-corrected chi connectivity index (χ3v) is 4.05. The van der Waals surface area contributed by atoms with E-state index in [0.29, 0.717) is 5.95 Å². The van der Waals surface area contributed by atoms with Gasteiger partial charge in [-0.05, 0) is 36.5 Å². The van der Waals surface area contributed by atoms with Crippen LogP contribution >= 0.6 is 0 Å². The third-order valence-electron chi connectivity index (χ3n) is 4.05. The maximum Gasteiger partial charge on any atom is 0.244 e. The Kier molecular flexibility index (Phi) is 5.93. The van der Waals surface area contributed by atoms with Crippen LogP contribution in [-0.2, 0) is 13.0 Å². The molecule has 1 aromatic heterocycles. The first-order valence-corrected chi connectivity index (χ1v) is 8.57. The highest BCUT2D eigenvalue weighted by atomic mass is 15.3. The summed E-state index contributed by atoms with van der Waals surface area (Å²) in [6.07, 6.45) is 3.70. The van der Waals surface area contributed by atoms with E-state index in [-0.39, 0.29) is 0 Å². The Morgan fingerprint density at radius 2 is 1.72 bits per heavy atom. The standard InChI is InChI=1S/C20H23N5/c1-16-8-5-6-12-18(16)14-22-19-15-23-25-20(24-19)21-13-7-11-17-9-3-2-4-10-17/h2-6,8-10,12,15H,7,11,13-14H2,1H3,(H2,21,22,24,25). The van der Waals surface area contributed by atoms with Crippen LogP contribution in [-0.4, -0.2) is 21.7 Å². The fourth-order valence-corrected chi connectivity index (χ4v) is 2.60. The molecule has 25 heavy (non-hydrogen) atoms. The molecule has 2 aromatic carbocycles. The predicted octanol–water partition coefficient (Wildman–Crippen LogP) is 3.84. The molecule has 1 heterocycles. The summed E-state index contributed by atoms with van der Waals surface area (Å²) in [6, 6.07) is 18.8. The predicted molar refractivity (Wildman–Crippen MR) is 102 cm³/mol. The van der Waals surface area contributed by atoms with Crippen molar-refractivity contribution in [2.75, 3.05) is 17.2 Å². The summed E-state index contributed by atoms with van der Waals surface area (Å²) in [5, 5.41) is 14.6. The molecular weight excluding hydrogens is 310 g/mol. The molecule has 3 aromatic rings. The Hall–Kier alpha value is -2.95. The van der Waals surface area contributed by atoms with Crippen LogP contribution in [0.15, 0.2) is 60.8 Å². The SMILES string of the molecule is Cc1ccccc1CNc1cnnc(NCCCc2ccccc2)n1. The van der Waals surface area contributed by atoms with Gasteiger partial charge in [-0.15, -0.1) is 5.10 Å². The van der Waals surface area contributed by atoms with Crippen LogP contribution in [0.5, 0.6) is 0 Å². The lowest BCUT2D eigenvalue weighted by Gasteiger charge is -2.09. The maximum atomic E-state index is 4.47. The maximum absolute atomic E-state index is 4.47. The number of aromatic nitrogens is 3. The molecule has 0 unspecified atom stereocenters. The second-order valence-corrected chi connectivity index (χ2v) is 5.96. The normalized spacial score (nSPS) is 10.4. The zero-order valence-electron chi connectivity index (χ0n) is 14.4. The van der Waals surface area contributed by atoms with E-state index in [0.717, 1.165) is 31.7 Å². The lowest BCUT2D eigenvalue weighted by Crippen LogP contribution is -2.10. The third kappa shape index (κ3) is 5.28. The number of benzene rings is 2. The molecule has 5 nitrogen and oxygen atoms in total.